The van der Waals surface area contributed by atoms with Crippen molar-refractivity contribution in [3.8, 4) is 11.5 Å². The summed E-state index contributed by atoms with van der Waals surface area (Å²) in [6.45, 7) is 4.05. The van der Waals surface area contributed by atoms with Crippen LogP contribution in [0.5, 0.6) is 11.5 Å². The molecule has 3 heterocycles. The number of fused-ring (bicyclic) bond motifs is 1. The Hall–Kier alpha value is -2.69. The number of aromatic nitrogens is 1. The number of hydrogen-bond acceptors (Lipinski definition) is 8. The number of thiazole rings is 1. The first-order valence-electron chi connectivity index (χ1n) is 11.1. The Kier molecular flexibility index (Phi) is 7.93. The van der Waals surface area contributed by atoms with Crippen LogP contribution in [0.15, 0.2) is 55.2 Å². The summed E-state index contributed by atoms with van der Waals surface area (Å²) < 4.78 is 19.1. The zero-order chi connectivity index (χ0) is 25.1. The first kappa shape index (κ1) is 25.4. The molecular weight excluding hydrogens is 552 g/mol. The molecule has 3 aromatic rings. The van der Waals surface area contributed by atoms with E-state index in [0.717, 1.165) is 21.3 Å². The number of carbonyl (C=O) groups excluding carboxylic acids is 1. The van der Waals surface area contributed by atoms with Crippen LogP contribution in [0.1, 0.15) is 43.2 Å². The molecule has 184 valence electrons. The number of allylic oxidation sites excluding steroid dienone is 1. The zero-order valence-corrected chi connectivity index (χ0v) is 23.0. The van der Waals surface area contributed by atoms with Gasteiger partial charge < -0.3 is 14.2 Å². The molecule has 2 aromatic heterocycles. The van der Waals surface area contributed by atoms with Gasteiger partial charge in [-0.3, -0.25) is 9.36 Å². The second-order valence-electron chi connectivity index (χ2n) is 7.66. The minimum absolute atomic E-state index is 0.224. The van der Waals surface area contributed by atoms with Gasteiger partial charge in [-0.1, -0.05) is 30.7 Å². The molecule has 7 nitrogen and oxygen atoms in total. The van der Waals surface area contributed by atoms with E-state index >= 15 is 0 Å². The monoisotopic (exact) mass is 576 g/mol. The lowest BCUT2D eigenvalue weighted by Crippen LogP contribution is -2.39. The lowest BCUT2D eigenvalue weighted by atomic mass is 9.99. The molecular formula is C25H25BrN2O5S2. The third-order valence-corrected chi connectivity index (χ3v) is 8.02. The van der Waals surface area contributed by atoms with Gasteiger partial charge in [0, 0.05) is 16.5 Å². The Morgan fingerprint density at radius 2 is 2.00 bits per heavy atom. The Morgan fingerprint density at radius 3 is 2.63 bits per heavy atom. The molecule has 0 saturated heterocycles. The second kappa shape index (κ2) is 10.9. The average Bonchev–Trinajstić information content (AvgIpc) is 3.47. The fourth-order valence-corrected chi connectivity index (χ4v) is 6.33. The molecule has 1 aliphatic heterocycles. The van der Waals surface area contributed by atoms with Crippen molar-refractivity contribution in [1.29, 1.82) is 0 Å². The van der Waals surface area contributed by atoms with Crippen molar-refractivity contribution in [2.45, 2.75) is 32.7 Å². The molecule has 10 heteroatoms. The van der Waals surface area contributed by atoms with Crippen molar-refractivity contribution in [2.75, 3.05) is 20.8 Å². The third kappa shape index (κ3) is 4.87. The van der Waals surface area contributed by atoms with Gasteiger partial charge in [-0.2, -0.15) is 0 Å². The topological polar surface area (TPSA) is 79.1 Å². The average molecular weight is 578 g/mol. The van der Waals surface area contributed by atoms with Gasteiger partial charge in [-0.25, -0.2) is 9.79 Å². The highest BCUT2D eigenvalue weighted by atomic mass is 79.9. The van der Waals surface area contributed by atoms with E-state index in [4.69, 9.17) is 19.2 Å². The number of carbonyl (C=O) groups is 1. The van der Waals surface area contributed by atoms with Crippen molar-refractivity contribution >= 4 is 50.6 Å². The number of halogens is 1. The summed E-state index contributed by atoms with van der Waals surface area (Å²) in [5, 5.41) is 1.94. The van der Waals surface area contributed by atoms with Crippen LogP contribution in [0.3, 0.4) is 0 Å². The second-order valence-corrected chi connectivity index (χ2v) is 10.5. The lowest BCUT2D eigenvalue weighted by molar-refractivity contribution is -0.139. The van der Waals surface area contributed by atoms with Crippen LogP contribution in [0.4, 0.5) is 0 Å². The molecule has 1 atom stereocenters. The Balaban J connectivity index is 1.97. The van der Waals surface area contributed by atoms with E-state index in [1.54, 1.807) is 37.9 Å². The molecule has 35 heavy (non-hydrogen) atoms. The first-order valence-corrected chi connectivity index (χ1v) is 13.6. The fourth-order valence-electron chi connectivity index (χ4n) is 3.97. The van der Waals surface area contributed by atoms with Crippen LogP contribution in [0.2, 0.25) is 0 Å². The number of thiophene rings is 1. The van der Waals surface area contributed by atoms with Crippen molar-refractivity contribution < 1.29 is 19.0 Å². The Morgan fingerprint density at radius 1 is 1.23 bits per heavy atom. The van der Waals surface area contributed by atoms with E-state index in [0.29, 0.717) is 38.5 Å². The van der Waals surface area contributed by atoms with Gasteiger partial charge in [0.1, 0.15) is 17.5 Å². The molecule has 0 N–H and O–H groups in total. The maximum atomic E-state index is 13.8. The minimum atomic E-state index is -0.585. The van der Waals surface area contributed by atoms with E-state index in [1.165, 1.54) is 22.7 Å². The van der Waals surface area contributed by atoms with Crippen molar-refractivity contribution in [3.05, 3.63) is 75.5 Å². The minimum Gasteiger partial charge on any atom is -0.496 e. The Labute approximate surface area is 219 Å². The number of nitrogens with zero attached hydrogens (tertiary/aromatic N) is 2. The van der Waals surface area contributed by atoms with Crippen LogP contribution in [0, 0.1) is 0 Å². The molecule has 0 aliphatic carbocycles. The number of benzene rings is 1. The molecule has 0 amide bonds. The van der Waals surface area contributed by atoms with Gasteiger partial charge in [0.15, 0.2) is 4.80 Å². The molecule has 0 fully saturated rings. The number of ether oxygens (including phenoxy) is 3. The summed E-state index contributed by atoms with van der Waals surface area (Å²) in [5.41, 5.74) is 1.59. The molecule has 1 unspecified atom stereocenters. The van der Waals surface area contributed by atoms with E-state index < -0.39 is 12.0 Å². The van der Waals surface area contributed by atoms with Gasteiger partial charge in [0.05, 0.1) is 41.1 Å². The van der Waals surface area contributed by atoms with Gasteiger partial charge in [-0.05, 0) is 52.9 Å². The van der Waals surface area contributed by atoms with E-state index in [-0.39, 0.29) is 12.2 Å². The highest BCUT2D eigenvalue weighted by Gasteiger charge is 2.34. The predicted octanol–water partition coefficient (Wildman–Crippen LogP) is 4.42. The predicted molar refractivity (Wildman–Crippen MR) is 141 cm³/mol. The Bertz CT molecular complexity index is 1450. The summed E-state index contributed by atoms with van der Waals surface area (Å²) in [6.07, 6.45) is 3.21. The summed E-state index contributed by atoms with van der Waals surface area (Å²) in [6, 6.07) is 6.87. The van der Waals surface area contributed by atoms with Crippen LogP contribution in [-0.2, 0) is 9.53 Å². The smallest absolute Gasteiger partial charge is 0.338 e. The standard InChI is InChI=1S/C25H25BrN2O5S2/c1-5-8-16-21(24(30)33-6-2)22(19-9-7-10-34-19)28-23(29)20(35-25(28)27-16)12-14-11-15(26)18(32-4)13-17(14)31-3/h7,9-13,22H,5-6,8H2,1-4H3/b20-12-. The normalized spacial score (nSPS) is 15.6. The lowest BCUT2D eigenvalue weighted by Gasteiger charge is -2.24. The van der Waals surface area contributed by atoms with Crippen molar-refractivity contribution in [1.82, 2.24) is 4.57 Å². The summed E-state index contributed by atoms with van der Waals surface area (Å²) in [4.78, 5) is 33.1. The molecule has 0 saturated carbocycles. The summed E-state index contributed by atoms with van der Waals surface area (Å²) in [7, 11) is 3.15. The summed E-state index contributed by atoms with van der Waals surface area (Å²) >= 11 is 6.29. The van der Waals surface area contributed by atoms with Crippen molar-refractivity contribution in [2.24, 2.45) is 4.99 Å². The van der Waals surface area contributed by atoms with Gasteiger partial charge in [0.2, 0.25) is 0 Å². The number of methoxy groups -OCH3 is 2. The SMILES string of the molecule is CCCC1=C(C(=O)OCC)C(c2cccs2)n2c(s/c(=C\c3cc(Br)c(OC)cc3OC)c2=O)=N1. The van der Waals surface area contributed by atoms with Crippen LogP contribution < -0.4 is 24.4 Å². The highest BCUT2D eigenvalue weighted by Crippen LogP contribution is 2.35. The summed E-state index contributed by atoms with van der Waals surface area (Å²) in [5.74, 6) is 0.763. The number of hydrogen-bond donors (Lipinski definition) is 0. The highest BCUT2D eigenvalue weighted by molar-refractivity contribution is 9.10. The van der Waals surface area contributed by atoms with Gasteiger partial charge in [-0.15, -0.1) is 11.3 Å². The maximum Gasteiger partial charge on any atom is 0.338 e. The molecule has 0 spiro atoms. The van der Waals surface area contributed by atoms with Crippen LogP contribution >= 0.6 is 38.6 Å². The van der Waals surface area contributed by atoms with E-state index in [1.807, 2.05) is 30.5 Å². The molecule has 0 radical (unpaired) electrons. The third-order valence-electron chi connectivity index (χ3n) is 5.50. The molecule has 1 aromatic carbocycles. The van der Waals surface area contributed by atoms with Crippen LogP contribution in [-0.4, -0.2) is 31.4 Å². The first-order chi connectivity index (χ1) is 16.9. The number of esters is 1. The van der Waals surface area contributed by atoms with E-state index in [9.17, 15) is 9.59 Å². The molecule has 1 aliphatic rings. The largest absolute Gasteiger partial charge is 0.496 e. The molecule has 0 bridgehead atoms. The zero-order valence-electron chi connectivity index (χ0n) is 19.8. The fraction of sp³-hybridized carbons (Fsp3) is 0.320. The maximum absolute atomic E-state index is 13.8. The van der Waals surface area contributed by atoms with E-state index in [2.05, 4.69) is 15.9 Å². The van der Waals surface area contributed by atoms with Crippen molar-refractivity contribution in [3.63, 3.8) is 0 Å². The van der Waals surface area contributed by atoms with Gasteiger partial charge in [0.25, 0.3) is 5.56 Å². The van der Waals surface area contributed by atoms with Gasteiger partial charge >= 0.3 is 5.97 Å². The quantitative estimate of drug-likeness (QED) is 0.371. The number of rotatable bonds is 8. The van der Waals surface area contributed by atoms with Crippen LogP contribution in [0.25, 0.3) is 6.08 Å². The molecule has 4 rings (SSSR count).